The molecular formula is C18H23N3O3S2. The molecule has 140 valence electrons. The number of carbonyl (C=O) groups is 1. The number of piperazine rings is 1. The fourth-order valence-corrected chi connectivity index (χ4v) is 4.51. The molecule has 1 aromatic heterocycles. The van der Waals surface area contributed by atoms with Gasteiger partial charge < -0.3 is 10.2 Å². The molecule has 1 aliphatic rings. The van der Waals surface area contributed by atoms with Gasteiger partial charge in [0.25, 0.3) is 0 Å². The summed E-state index contributed by atoms with van der Waals surface area (Å²) in [4.78, 5) is 15.5. The average molecular weight is 394 g/mol. The molecule has 6 nitrogen and oxygen atoms in total. The zero-order valence-corrected chi connectivity index (χ0v) is 16.4. The lowest BCUT2D eigenvalue weighted by molar-refractivity contribution is -0.116. The first kappa shape index (κ1) is 18.9. The summed E-state index contributed by atoms with van der Waals surface area (Å²) in [7, 11) is -3.13. The lowest BCUT2D eigenvalue weighted by Gasteiger charge is -2.34. The maximum atomic E-state index is 12.2. The quantitative estimate of drug-likeness (QED) is 0.818. The highest BCUT2D eigenvalue weighted by molar-refractivity contribution is 7.88. The largest absolute Gasteiger partial charge is 0.369 e. The summed E-state index contributed by atoms with van der Waals surface area (Å²) < 4.78 is 24.7. The highest BCUT2D eigenvalue weighted by atomic mass is 32.2. The molecule has 0 radical (unpaired) electrons. The van der Waals surface area contributed by atoms with Crippen LogP contribution in [0.15, 0.2) is 41.8 Å². The fourth-order valence-electron chi connectivity index (χ4n) is 2.97. The lowest BCUT2D eigenvalue weighted by Crippen LogP contribution is -2.48. The zero-order chi connectivity index (χ0) is 18.6. The smallest absolute Gasteiger partial charge is 0.224 e. The Kier molecular flexibility index (Phi) is 5.95. The molecule has 1 saturated heterocycles. The Morgan fingerprint density at radius 1 is 1.15 bits per heavy atom. The number of benzene rings is 1. The van der Waals surface area contributed by atoms with Gasteiger partial charge in [-0.15, -0.1) is 11.3 Å². The first-order valence-electron chi connectivity index (χ1n) is 8.54. The minimum Gasteiger partial charge on any atom is -0.369 e. The predicted molar refractivity (Wildman–Crippen MR) is 106 cm³/mol. The first-order valence-corrected chi connectivity index (χ1v) is 11.3. The maximum absolute atomic E-state index is 12.2. The standard InChI is InChI=1S/C18H23N3O3S2/c1-26(23,24)21-11-9-20(10-12-21)16-5-2-4-15(14-16)19-18(22)8-7-17-6-3-13-25-17/h2-6,13-14H,7-12H2,1H3,(H,19,22). The van der Waals surface area contributed by atoms with Crippen molar-refractivity contribution in [1.29, 1.82) is 0 Å². The summed E-state index contributed by atoms with van der Waals surface area (Å²) in [6, 6.07) is 11.7. The highest BCUT2D eigenvalue weighted by Gasteiger charge is 2.23. The normalized spacial score (nSPS) is 15.8. The van der Waals surface area contributed by atoms with E-state index >= 15 is 0 Å². The summed E-state index contributed by atoms with van der Waals surface area (Å²) in [5.41, 5.74) is 1.76. The minimum absolute atomic E-state index is 0.00237. The Balaban J connectivity index is 1.55. The van der Waals surface area contributed by atoms with Gasteiger partial charge >= 0.3 is 0 Å². The van der Waals surface area contributed by atoms with Crippen LogP contribution in [-0.4, -0.2) is 51.1 Å². The molecule has 1 amide bonds. The maximum Gasteiger partial charge on any atom is 0.224 e. The van der Waals surface area contributed by atoms with Gasteiger partial charge in [0.15, 0.2) is 0 Å². The fraction of sp³-hybridized carbons (Fsp3) is 0.389. The van der Waals surface area contributed by atoms with E-state index in [1.807, 2.05) is 41.8 Å². The molecule has 2 aromatic rings. The molecule has 1 aliphatic heterocycles. The number of carbonyl (C=O) groups excluding carboxylic acids is 1. The zero-order valence-electron chi connectivity index (χ0n) is 14.7. The van der Waals surface area contributed by atoms with Crippen molar-refractivity contribution in [2.24, 2.45) is 0 Å². The van der Waals surface area contributed by atoms with Gasteiger partial charge in [0.2, 0.25) is 15.9 Å². The van der Waals surface area contributed by atoms with Crippen LogP contribution < -0.4 is 10.2 Å². The van der Waals surface area contributed by atoms with E-state index in [0.717, 1.165) is 17.8 Å². The SMILES string of the molecule is CS(=O)(=O)N1CCN(c2cccc(NC(=O)CCc3cccs3)c2)CC1. The van der Waals surface area contributed by atoms with Crippen molar-refractivity contribution in [2.75, 3.05) is 42.7 Å². The van der Waals surface area contributed by atoms with Gasteiger partial charge in [0.1, 0.15) is 0 Å². The Hall–Kier alpha value is -1.90. The first-order chi connectivity index (χ1) is 12.4. The number of aryl methyl sites for hydroxylation is 1. The van der Waals surface area contributed by atoms with Gasteiger partial charge in [-0.1, -0.05) is 12.1 Å². The van der Waals surface area contributed by atoms with Gasteiger partial charge in [-0.25, -0.2) is 8.42 Å². The second kappa shape index (κ2) is 8.20. The topological polar surface area (TPSA) is 69.7 Å². The van der Waals surface area contributed by atoms with Crippen LogP contribution in [0.1, 0.15) is 11.3 Å². The number of anilines is 2. The molecule has 0 bridgehead atoms. The van der Waals surface area contributed by atoms with E-state index in [1.54, 1.807) is 11.3 Å². The third-order valence-electron chi connectivity index (χ3n) is 4.38. The Morgan fingerprint density at radius 3 is 2.58 bits per heavy atom. The second-order valence-corrected chi connectivity index (χ2v) is 9.34. The molecule has 0 unspecified atom stereocenters. The number of amides is 1. The molecule has 3 rings (SSSR count). The van der Waals surface area contributed by atoms with E-state index in [4.69, 9.17) is 0 Å². The summed E-state index contributed by atoms with van der Waals surface area (Å²) in [6.07, 6.45) is 2.45. The Bertz CT molecular complexity index is 842. The summed E-state index contributed by atoms with van der Waals surface area (Å²) in [5.74, 6) is -0.00237. The number of nitrogens with one attached hydrogen (secondary N) is 1. The predicted octanol–water partition coefficient (Wildman–Crippen LogP) is 2.40. The second-order valence-electron chi connectivity index (χ2n) is 6.33. The van der Waals surface area contributed by atoms with E-state index in [2.05, 4.69) is 10.2 Å². The van der Waals surface area contributed by atoms with Crippen LogP contribution in [-0.2, 0) is 21.2 Å². The minimum atomic E-state index is -3.13. The Labute approximate surface area is 158 Å². The summed E-state index contributed by atoms with van der Waals surface area (Å²) in [6.45, 7) is 2.25. The van der Waals surface area contributed by atoms with E-state index in [1.165, 1.54) is 15.4 Å². The van der Waals surface area contributed by atoms with Crippen molar-refractivity contribution in [3.8, 4) is 0 Å². The van der Waals surface area contributed by atoms with E-state index in [-0.39, 0.29) is 5.91 Å². The number of rotatable bonds is 6. The van der Waals surface area contributed by atoms with Crippen LogP contribution in [0.3, 0.4) is 0 Å². The average Bonchev–Trinajstić information content (AvgIpc) is 3.13. The van der Waals surface area contributed by atoms with Crippen molar-refractivity contribution in [3.63, 3.8) is 0 Å². The van der Waals surface area contributed by atoms with Gasteiger partial charge in [-0.2, -0.15) is 4.31 Å². The number of hydrogen-bond acceptors (Lipinski definition) is 5. The van der Waals surface area contributed by atoms with Crippen molar-refractivity contribution in [3.05, 3.63) is 46.7 Å². The molecule has 8 heteroatoms. The van der Waals surface area contributed by atoms with E-state index in [9.17, 15) is 13.2 Å². The van der Waals surface area contributed by atoms with Crippen LogP contribution in [0.5, 0.6) is 0 Å². The van der Waals surface area contributed by atoms with Crippen LogP contribution in [0.4, 0.5) is 11.4 Å². The lowest BCUT2D eigenvalue weighted by atomic mass is 10.2. The number of hydrogen-bond donors (Lipinski definition) is 1. The summed E-state index contributed by atoms with van der Waals surface area (Å²) >= 11 is 1.66. The monoisotopic (exact) mass is 393 g/mol. The van der Waals surface area contributed by atoms with Crippen molar-refractivity contribution < 1.29 is 13.2 Å². The van der Waals surface area contributed by atoms with Crippen LogP contribution in [0.25, 0.3) is 0 Å². The third kappa shape index (κ3) is 5.06. The third-order valence-corrected chi connectivity index (χ3v) is 6.62. The van der Waals surface area contributed by atoms with Crippen LogP contribution in [0.2, 0.25) is 0 Å². The van der Waals surface area contributed by atoms with Crippen molar-refractivity contribution in [2.45, 2.75) is 12.8 Å². The van der Waals surface area contributed by atoms with E-state index in [0.29, 0.717) is 32.6 Å². The molecular weight excluding hydrogens is 370 g/mol. The summed E-state index contributed by atoms with van der Waals surface area (Å²) in [5, 5.41) is 4.96. The molecule has 0 atom stereocenters. The van der Waals surface area contributed by atoms with Gasteiger partial charge in [-0.05, 0) is 36.1 Å². The van der Waals surface area contributed by atoms with Gasteiger partial charge in [0, 0.05) is 48.9 Å². The van der Waals surface area contributed by atoms with Crippen molar-refractivity contribution >= 4 is 38.6 Å². The van der Waals surface area contributed by atoms with Crippen molar-refractivity contribution in [1.82, 2.24) is 4.31 Å². The highest BCUT2D eigenvalue weighted by Crippen LogP contribution is 2.22. The molecule has 2 heterocycles. The number of thiophene rings is 1. The molecule has 0 saturated carbocycles. The van der Waals surface area contributed by atoms with Gasteiger partial charge in [0.05, 0.1) is 6.26 Å². The molecule has 26 heavy (non-hydrogen) atoms. The van der Waals surface area contributed by atoms with Gasteiger partial charge in [-0.3, -0.25) is 4.79 Å². The molecule has 1 N–H and O–H groups in total. The molecule has 0 spiro atoms. The van der Waals surface area contributed by atoms with E-state index < -0.39 is 10.0 Å². The molecule has 1 aromatic carbocycles. The number of nitrogens with zero attached hydrogens (tertiary/aromatic N) is 2. The number of sulfonamides is 1. The Morgan fingerprint density at radius 2 is 1.92 bits per heavy atom. The molecule has 0 aliphatic carbocycles. The van der Waals surface area contributed by atoms with Crippen LogP contribution >= 0.6 is 11.3 Å². The van der Waals surface area contributed by atoms with Crippen LogP contribution in [0, 0.1) is 0 Å². The molecule has 1 fully saturated rings.